The minimum absolute atomic E-state index is 0.0658. The molecule has 1 heterocycles. The average molecular weight is 583 g/mol. The number of ketones is 1. The average Bonchev–Trinajstić information content (AvgIpc) is 3.16. The topological polar surface area (TPSA) is 74.2 Å². The Bertz CT molecular complexity index is 1080. The van der Waals surface area contributed by atoms with E-state index in [1.165, 1.54) is 0 Å². The van der Waals surface area contributed by atoms with Gasteiger partial charge in [0, 0.05) is 0 Å². The van der Waals surface area contributed by atoms with Crippen LogP contribution in [0.4, 0.5) is 0 Å². The lowest BCUT2D eigenvalue weighted by Gasteiger charge is -2.52. The Hall–Kier alpha value is -1.87. The third-order valence-corrected chi connectivity index (χ3v) is 15.4. The van der Waals surface area contributed by atoms with Crippen LogP contribution in [0.25, 0.3) is 0 Å². The van der Waals surface area contributed by atoms with E-state index >= 15 is 0 Å². The van der Waals surface area contributed by atoms with E-state index in [9.17, 15) is 9.90 Å². The molecule has 226 valence electrons. The fraction of sp³-hybridized carbons (Fsp3) is 0.618. The van der Waals surface area contributed by atoms with Gasteiger partial charge in [-0.1, -0.05) is 116 Å². The Morgan fingerprint density at radius 2 is 1.41 bits per heavy atom. The predicted octanol–water partition coefficient (Wildman–Crippen LogP) is 6.85. The summed E-state index contributed by atoms with van der Waals surface area (Å²) in [6, 6.07) is 19.9. The van der Waals surface area contributed by atoms with Gasteiger partial charge in [-0.3, -0.25) is 4.79 Å². The number of hydrogen-bond donors (Lipinski definition) is 1. The number of aliphatic hydroxyl groups is 1. The lowest BCUT2D eigenvalue weighted by molar-refractivity contribution is -0.192. The SMILES string of the molecule is CCC[C@]12O[C@H](COCc3ccccc3)[C@H](C1=O)[C@@H](O)[C@H](OCc1ccccc1)[C@H]2O[Si](C(C)C)(C(C)C)C(C)C. The summed E-state index contributed by atoms with van der Waals surface area (Å²) < 4.78 is 26.8. The molecule has 2 aliphatic rings. The fourth-order valence-corrected chi connectivity index (χ4v) is 13.1. The van der Waals surface area contributed by atoms with E-state index < -0.39 is 44.3 Å². The molecule has 1 aliphatic carbocycles. The fourth-order valence-electron chi connectivity index (χ4n) is 7.53. The van der Waals surface area contributed by atoms with Gasteiger partial charge in [-0.05, 0) is 34.2 Å². The summed E-state index contributed by atoms with van der Waals surface area (Å²) in [5.41, 5.74) is 1.77. The normalized spacial score (nSPS) is 28.3. The van der Waals surface area contributed by atoms with Crippen LogP contribution in [0.1, 0.15) is 72.4 Å². The van der Waals surface area contributed by atoms with Gasteiger partial charge in [-0.15, -0.1) is 0 Å². The number of aliphatic hydroxyl groups excluding tert-OH is 1. The van der Waals surface area contributed by atoms with E-state index in [1.54, 1.807) is 0 Å². The molecule has 2 fully saturated rings. The van der Waals surface area contributed by atoms with Crippen LogP contribution in [0.3, 0.4) is 0 Å². The van der Waals surface area contributed by atoms with Gasteiger partial charge in [0.15, 0.2) is 11.4 Å². The van der Waals surface area contributed by atoms with Crippen molar-refractivity contribution >= 4 is 14.1 Å². The third-order valence-electron chi connectivity index (χ3n) is 9.28. The van der Waals surface area contributed by atoms with Crippen molar-refractivity contribution in [3.05, 3.63) is 71.8 Å². The minimum Gasteiger partial charge on any atom is -0.407 e. The number of benzene rings is 2. The van der Waals surface area contributed by atoms with E-state index in [4.69, 9.17) is 18.6 Å². The van der Waals surface area contributed by atoms with Crippen LogP contribution in [0, 0.1) is 5.92 Å². The van der Waals surface area contributed by atoms with Crippen LogP contribution in [-0.4, -0.2) is 55.8 Å². The first-order valence-corrected chi connectivity index (χ1v) is 17.6. The van der Waals surface area contributed by atoms with Crippen molar-refractivity contribution in [1.29, 1.82) is 0 Å². The molecule has 0 radical (unpaired) electrons. The van der Waals surface area contributed by atoms with Crippen LogP contribution in [0.5, 0.6) is 0 Å². The molecular formula is C34H50O6Si. The molecule has 7 heteroatoms. The van der Waals surface area contributed by atoms with E-state index in [0.29, 0.717) is 36.3 Å². The molecule has 6 atom stereocenters. The summed E-state index contributed by atoms with van der Waals surface area (Å²) in [6.45, 7) is 16.4. The smallest absolute Gasteiger partial charge is 0.201 e. The summed E-state index contributed by atoms with van der Waals surface area (Å²) >= 11 is 0. The molecule has 1 saturated carbocycles. The Kier molecular flexibility index (Phi) is 10.6. The highest BCUT2D eigenvalue weighted by atomic mass is 28.4. The van der Waals surface area contributed by atoms with Crippen molar-refractivity contribution in [3.8, 4) is 0 Å². The largest absolute Gasteiger partial charge is 0.407 e. The van der Waals surface area contributed by atoms with Crippen LogP contribution < -0.4 is 0 Å². The molecule has 1 N–H and O–H groups in total. The molecular weight excluding hydrogens is 532 g/mol. The Morgan fingerprint density at radius 1 is 0.878 bits per heavy atom. The molecule has 4 rings (SSSR count). The van der Waals surface area contributed by atoms with Gasteiger partial charge in [0.2, 0.25) is 8.32 Å². The molecule has 6 nitrogen and oxygen atoms in total. The molecule has 2 aromatic carbocycles. The molecule has 0 spiro atoms. The summed E-state index contributed by atoms with van der Waals surface area (Å²) in [6.07, 6.45) is -1.78. The van der Waals surface area contributed by atoms with Gasteiger partial charge in [-0.2, -0.15) is 0 Å². The summed E-state index contributed by atoms with van der Waals surface area (Å²) in [5.74, 6) is -0.796. The highest BCUT2D eigenvalue weighted by molar-refractivity contribution is 6.77. The highest BCUT2D eigenvalue weighted by Crippen LogP contribution is 2.52. The Morgan fingerprint density at radius 3 is 1.93 bits per heavy atom. The van der Waals surface area contributed by atoms with Gasteiger partial charge in [0.25, 0.3) is 0 Å². The van der Waals surface area contributed by atoms with E-state index in [0.717, 1.165) is 17.5 Å². The molecule has 41 heavy (non-hydrogen) atoms. The molecule has 0 amide bonds. The second-order valence-corrected chi connectivity index (χ2v) is 18.2. The molecule has 1 aliphatic heterocycles. The second-order valence-electron chi connectivity index (χ2n) is 12.8. The van der Waals surface area contributed by atoms with Crippen LogP contribution in [0.15, 0.2) is 60.7 Å². The molecule has 2 bridgehead atoms. The molecule has 0 aromatic heterocycles. The summed E-state index contributed by atoms with van der Waals surface area (Å²) in [7, 11) is -2.49. The standard InChI is InChI=1S/C34H50O6Si/c1-8-19-34-32(36)29(28(39-34)22-37-20-26-15-11-9-12-16-26)30(35)31(38-21-27-17-13-10-14-18-27)33(34)40-41(23(2)3,24(4)5)25(6)7/h9-18,23-25,28-31,33,35H,8,19-22H2,1-7H3/t28-,29+,30-,31+,33-,34+/m1/s1. The first kappa shape index (κ1) is 32.0. The quantitative estimate of drug-likeness (QED) is 0.246. The monoisotopic (exact) mass is 582 g/mol. The maximum atomic E-state index is 14.3. The third kappa shape index (κ3) is 6.26. The maximum absolute atomic E-state index is 14.3. The number of fused-ring (bicyclic) bond motifs is 2. The lowest BCUT2D eigenvalue weighted by atomic mass is 9.71. The van der Waals surface area contributed by atoms with Crippen molar-refractivity contribution < 1.29 is 28.5 Å². The van der Waals surface area contributed by atoms with Gasteiger partial charge >= 0.3 is 0 Å². The Labute approximate surface area is 247 Å². The number of rotatable bonds is 14. The maximum Gasteiger partial charge on any atom is 0.201 e. The van der Waals surface area contributed by atoms with E-state index in [-0.39, 0.29) is 12.4 Å². The summed E-state index contributed by atoms with van der Waals surface area (Å²) in [5, 5.41) is 11.9. The van der Waals surface area contributed by atoms with Crippen molar-refractivity contribution in [1.82, 2.24) is 0 Å². The van der Waals surface area contributed by atoms with Crippen LogP contribution in [0.2, 0.25) is 16.6 Å². The first-order valence-electron chi connectivity index (χ1n) is 15.4. The number of carbonyl (C=O) groups is 1. The number of hydrogen-bond acceptors (Lipinski definition) is 6. The zero-order chi connectivity index (χ0) is 29.8. The van der Waals surface area contributed by atoms with Gasteiger partial charge < -0.3 is 23.7 Å². The van der Waals surface area contributed by atoms with E-state index in [2.05, 4.69) is 48.5 Å². The molecule has 0 unspecified atom stereocenters. The van der Waals surface area contributed by atoms with Crippen LogP contribution in [-0.2, 0) is 36.6 Å². The number of Topliss-reactive ketones (excluding diaryl/α,β-unsaturated/α-hetero) is 1. The van der Waals surface area contributed by atoms with Gasteiger partial charge in [-0.25, -0.2) is 0 Å². The number of ether oxygens (including phenoxy) is 3. The van der Waals surface area contributed by atoms with Gasteiger partial charge in [0.1, 0.15) is 12.2 Å². The van der Waals surface area contributed by atoms with Crippen molar-refractivity contribution in [2.45, 2.75) is 121 Å². The Balaban J connectivity index is 1.71. The predicted molar refractivity (Wildman–Crippen MR) is 164 cm³/mol. The molecule has 1 saturated heterocycles. The second kappa shape index (κ2) is 13.6. The van der Waals surface area contributed by atoms with Crippen molar-refractivity contribution in [3.63, 3.8) is 0 Å². The minimum atomic E-state index is -2.49. The van der Waals surface area contributed by atoms with Crippen molar-refractivity contribution in [2.75, 3.05) is 6.61 Å². The van der Waals surface area contributed by atoms with Crippen LogP contribution >= 0.6 is 0 Å². The molecule has 2 aromatic rings. The first-order chi connectivity index (χ1) is 19.6. The zero-order valence-corrected chi connectivity index (χ0v) is 26.9. The van der Waals surface area contributed by atoms with E-state index in [1.807, 2.05) is 60.7 Å². The van der Waals surface area contributed by atoms with Crippen molar-refractivity contribution in [2.24, 2.45) is 5.92 Å². The highest BCUT2D eigenvalue weighted by Gasteiger charge is 2.69. The lowest BCUT2D eigenvalue weighted by Crippen LogP contribution is -2.68. The number of carbonyl (C=O) groups excluding carboxylic acids is 1. The zero-order valence-electron chi connectivity index (χ0n) is 25.9. The van der Waals surface area contributed by atoms with Gasteiger partial charge in [0.05, 0.1) is 37.9 Å². The summed E-state index contributed by atoms with van der Waals surface area (Å²) in [4.78, 5) is 14.3.